The molecule has 1 saturated heterocycles. The minimum Gasteiger partial charge on any atom is -0.406 e. The minimum atomic E-state index is -2.63. The third-order valence-electron chi connectivity index (χ3n) is 7.47. The lowest BCUT2D eigenvalue weighted by Crippen LogP contribution is -2.67. The van der Waals surface area contributed by atoms with Crippen molar-refractivity contribution in [1.82, 2.24) is 9.80 Å². The predicted molar refractivity (Wildman–Crippen MR) is 152 cm³/mol. The summed E-state index contributed by atoms with van der Waals surface area (Å²) in [5, 5.41) is 5.28. The van der Waals surface area contributed by atoms with E-state index in [1.807, 2.05) is 12.1 Å². The van der Waals surface area contributed by atoms with Gasteiger partial charge in [0.15, 0.2) is 0 Å². The molecule has 0 bridgehead atoms. The van der Waals surface area contributed by atoms with Crippen LogP contribution >= 0.6 is 0 Å². The van der Waals surface area contributed by atoms with Gasteiger partial charge in [0.05, 0.1) is 0 Å². The summed E-state index contributed by atoms with van der Waals surface area (Å²) >= 11 is 0. The van der Waals surface area contributed by atoms with E-state index in [2.05, 4.69) is 84.3 Å². The van der Waals surface area contributed by atoms with Gasteiger partial charge in [-0.05, 0) is 38.3 Å². The van der Waals surface area contributed by atoms with E-state index in [4.69, 9.17) is 4.43 Å². The van der Waals surface area contributed by atoms with Gasteiger partial charge in [0, 0.05) is 51.4 Å². The zero-order valence-electron chi connectivity index (χ0n) is 22.4. The third-order valence-corrected chi connectivity index (χ3v) is 12.5. The highest BCUT2D eigenvalue weighted by Crippen LogP contribution is 2.36. The lowest BCUT2D eigenvalue weighted by Gasteiger charge is -2.43. The highest BCUT2D eigenvalue weighted by Gasteiger charge is 2.50. The van der Waals surface area contributed by atoms with Crippen molar-refractivity contribution in [2.24, 2.45) is 5.18 Å². The SMILES string of the molecule is CC(C)(C)[Si](OCCN1CCN(Cc2ccc(N=O)cc2C(F)F)CC1)(c1ccccc1)c1ccccc1. The number of nitroso groups, excluding NO2 is 1. The maximum atomic E-state index is 13.5. The molecule has 3 aromatic rings. The summed E-state index contributed by atoms with van der Waals surface area (Å²) in [5.41, 5.74) is 0.480. The first-order valence-corrected chi connectivity index (χ1v) is 15.1. The molecule has 0 N–H and O–H groups in total. The minimum absolute atomic E-state index is 0.0368. The smallest absolute Gasteiger partial charge is 0.264 e. The Morgan fingerprint density at radius 2 is 1.42 bits per heavy atom. The van der Waals surface area contributed by atoms with Crippen molar-refractivity contribution in [3.05, 3.63) is 94.9 Å². The van der Waals surface area contributed by atoms with E-state index in [0.29, 0.717) is 18.7 Å². The molecule has 8 heteroatoms. The molecular formula is C30H37F2N3O2Si. The lowest BCUT2D eigenvalue weighted by atomic mass is 10.1. The van der Waals surface area contributed by atoms with Crippen LogP contribution < -0.4 is 10.4 Å². The fourth-order valence-electron chi connectivity index (χ4n) is 5.49. The molecule has 0 unspecified atom stereocenters. The van der Waals surface area contributed by atoms with Gasteiger partial charge in [0.1, 0.15) is 5.69 Å². The van der Waals surface area contributed by atoms with Crippen LogP contribution in [0, 0.1) is 4.91 Å². The molecule has 1 aliphatic heterocycles. The number of hydrogen-bond donors (Lipinski definition) is 0. The highest BCUT2D eigenvalue weighted by atomic mass is 28.4. The first-order chi connectivity index (χ1) is 18.2. The molecule has 0 aromatic heterocycles. The number of nitrogens with zero attached hydrogens (tertiary/aromatic N) is 3. The Kier molecular flexibility index (Phi) is 9.20. The normalized spacial score (nSPS) is 15.6. The van der Waals surface area contributed by atoms with Crippen LogP contribution in [-0.4, -0.2) is 57.4 Å². The highest BCUT2D eigenvalue weighted by molar-refractivity contribution is 6.99. The molecule has 0 saturated carbocycles. The van der Waals surface area contributed by atoms with Crippen LogP contribution in [0.3, 0.4) is 0 Å². The zero-order chi connectivity index (χ0) is 27.2. The molecule has 5 nitrogen and oxygen atoms in total. The van der Waals surface area contributed by atoms with Gasteiger partial charge in [-0.25, -0.2) is 8.78 Å². The topological polar surface area (TPSA) is 45.1 Å². The summed E-state index contributed by atoms with van der Waals surface area (Å²) in [4.78, 5) is 15.3. The van der Waals surface area contributed by atoms with E-state index in [0.717, 1.165) is 32.7 Å². The van der Waals surface area contributed by atoms with Crippen molar-refractivity contribution in [3.8, 4) is 0 Å². The second-order valence-corrected chi connectivity index (χ2v) is 15.2. The summed E-state index contributed by atoms with van der Waals surface area (Å²) in [6.07, 6.45) is -2.63. The van der Waals surface area contributed by atoms with E-state index in [1.165, 1.54) is 22.5 Å². The second kappa shape index (κ2) is 12.4. The standard InChI is InChI=1S/C30H37F2N3O2Si/c1-30(2,3)38(26-10-6-4-7-11-26,27-12-8-5-9-13-27)37-21-20-34-16-18-35(19-17-34)23-24-14-15-25(33-36)22-28(24)29(31)32/h4-15,22,29H,16-21,23H2,1-3H3. The lowest BCUT2D eigenvalue weighted by molar-refractivity contribution is 0.108. The molecule has 4 rings (SSSR count). The molecule has 0 amide bonds. The molecule has 0 spiro atoms. The van der Waals surface area contributed by atoms with E-state index in [-0.39, 0.29) is 16.3 Å². The van der Waals surface area contributed by atoms with E-state index >= 15 is 0 Å². The Bertz CT molecular complexity index is 1140. The van der Waals surface area contributed by atoms with Gasteiger partial charge < -0.3 is 4.43 Å². The molecule has 0 aliphatic carbocycles. The Balaban J connectivity index is 1.40. The van der Waals surface area contributed by atoms with Crippen LogP contribution in [-0.2, 0) is 11.0 Å². The number of alkyl halides is 2. The van der Waals surface area contributed by atoms with Crippen molar-refractivity contribution in [2.75, 3.05) is 39.3 Å². The van der Waals surface area contributed by atoms with Gasteiger partial charge in [-0.15, -0.1) is 4.91 Å². The van der Waals surface area contributed by atoms with E-state index in [1.54, 1.807) is 6.07 Å². The molecule has 1 heterocycles. The van der Waals surface area contributed by atoms with Gasteiger partial charge >= 0.3 is 0 Å². The Morgan fingerprint density at radius 3 is 1.92 bits per heavy atom. The van der Waals surface area contributed by atoms with Crippen molar-refractivity contribution in [1.29, 1.82) is 0 Å². The van der Waals surface area contributed by atoms with Crippen LogP contribution in [0.4, 0.5) is 14.5 Å². The molecule has 1 aliphatic rings. The van der Waals surface area contributed by atoms with Crippen molar-refractivity contribution < 1.29 is 13.2 Å². The maximum Gasteiger partial charge on any atom is 0.264 e. The molecule has 202 valence electrons. The summed E-state index contributed by atoms with van der Waals surface area (Å²) < 4.78 is 34.1. The fraction of sp³-hybridized carbons (Fsp3) is 0.400. The summed E-state index contributed by atoms with van der Waals surface area (Å²) in [6, 6.07) is 25.6. The Labute approximate surface area is 225 Å². The quantitative estimate of drug-likeness (QED) is 0.245. The molecule has 38 heavy (non-hydrogen) atoms. The first-order valence-electron chi connectivity index (χ1n) is 13.2. The van der Waals surface area contributed by atoms with Gasteiger partial charge in [-0.2, -0.15) is 0 Å². The van der Waals surface area contributed by atoms with E-state index in [9.17, 15) is 13.7 Å². The van der Waals surface area contributed by atoms with Gasteiger partial charge in [0.25, 0.3) is 14.7 Å². The fourth-order valence-corrected chi connectivity index (χ4v) is 10.0. The molecule has 3 aromatic carbocycles. The summed E-state index contributed by atoms with van der Waals surface area (Å²) in [7, 11) is -2.56. The monoisotopic (exact) mass is 537 g/mol. The van der Waals surface area contributed by atoms with Gasteiger partial charge in [-0.1, -0.05) is 87.5 Å². The largest absolute Gasteiger partial charge is 0.406 e. The third kappa shape index (κ3) is 6.26. The molecular weight excluding hydrogens is 500 g/mol. The number of halogens is 2. The molecule has 0 radical (unpaired) electrons. The van der Waals surface area contributed by atoms with Crippen LogP contribution in [0.2, 0.25) is 5.04 Å². The second-order valence-electron chi connectivity index (χ2n) is 10.9. The molecule has 1 fully saturated rings. The predicted octanol–water partition coefficient (Wildman–Crippen LogP) is 5.72. The van der Waals surface area contributed by atoms with Crippen LogP contribution in [0.15, 0.2) is 84.0 Å². The first kappa shape index (κ1) is 28.2. The van der Waals surface area contributed by atoms with E-state index < -0.39 is 14.7 Å². The summed E-state index contributed by atoms with van der Waals surface area (Å²) in [6.45, 7) is 12.0. The Morgan fingerprint density at radius 1 is 0.868 bits per heavy atom. The van der Waals surface area contributed by atoms with Crippen LogP contribution in [0.5, 0.6) is 0 Å². The van der Waals surface area contributed by atoms with Crippen LogP contribution in [0.1, 0.15) is 38.3 Å². The number of benzene rings is 3. The van der Waals surface area contributed by atoms with Crippen LogP contribution in [0.25, 0.3) is 0 Å². The van der Waals surface area contributed by atoms with Crippen molar-refractivity contribution in [2.45, 2.75) is 38.8 Å². The molecule has 0 atom stereocenters. The average molecular weight is 538 g/mol. The maximum absolute atomic E-state index is 13.5. The average Bonchev–Trinajstić information content (AvgIpc) is 2.92. The number of piperazine rings is 1. The van der Waals surface area contributed by atoms with Gasteiger partial charge in [-0.3, -0.25) is 9.80 Å². The van der Waals surface area contributed by atoms with Gasteiger partial charge in [0.2, 0.25) is 0 Å². The summed E-state index contributed by atoms with van der Waals surface area (Å²) in [5.74, 6) is 0. The zero-order valence-corrected chi connectivity index (χ0v) is 23.4. The van der Waals surface area contributed by atoms with Crippen molar-refractivity contribution >= 4 is 24.4 Å². The number of hydrogen-bond acceptors (Lipinski definition) is 5. The Hall–Kier alpha value is -2.78. The number of rotatable bonds is 10. The van der Waals surface area contributed by atoms with Crippen molar-refractivity contribution in [3.63, 3.8) is 0 Å².